The molecule has 0 saturated carbocycles. The lowest BCUT2D eigenvalue weighted by atomic mass is 10.2. The number of amides is 1. The second-order valence-electron chi connectivity index (χ2n) is 6.83. The number of hydrogen-bond donors (Lipinski definition) is 1. The molecule has 7 heteroatoms. The van der Waals surface area contributed by atoms with E-state index in [9.17, 15) is 9.18 Å². The molecule has 3 rings (SSSR count). The van der Waals surface area contributed by atoms with Gasteiger partial charge in [-0.3, -0.25) is 9.69 Å². The number of nitrogens with one attached hydrogen (secondary N) is 1. The third-order valence-electron chi connectivity index (χ3n) is 5.01. The van der Waals surface area contributed by atoms with E-state index in [1.165, 1.54) is 18.2 Å². The van der Waals surface area contributed by atoms with Crippen LogP contribution in [0.25, 0.3) is 0 Å². The van der Waals surface area contributed by atoms with E-state index in [0.29, 0.717) is 11.3 Å². The Morgan fingerprint density at radius 3 is 2.61 bits per heavy atom. The van der Waals surface area contributed by atoms with Gasteiger partial charge in [-0.25, -0.2) is 4.39 Å². The minimum absolute atomic E-state index is 0.0155. The van der Waals surface area contributed by atoms with Gasteiger partial charge in [0.15, 0.2) is 0 Å². The number of anilines is 2. The lowest BCUT2D eigenvalue weighted by molar-refractivity contribution is -0.120. The van der Waals surface area contributed by atoms with Crippen LogP contribution in [0.1, 0.15) is 18.9 Å². The standard InChI is InChI=1S/C21H22ClFN4O/c1-15(21(28)25-17-5-8-20(23)19(22)13-17)26-9-2-10-27(12-11-26)18-6-3-16(14-24)4-7-18/h3-8,13,15H,2,9-12H2,1H3,(H,25,28). The second kappa shape index (κ2) is 9.05. The normalized spacial score (nSPS) is 16.1. The van der Waals surface area contributed by atoms with Gasteiger partial charge in [-0.15, -0.1) is 0 Å². The fraction of sp³-hybridized carbons (Fsp3) is 0.333. The predicted molar refractivity (Wildman–Crippen MR) is 109 cm³/mol. The summed E-state index contributed by atoms with van der Waals surface area (Å²) in [6.07, 6.45) is 0.931. The fourth-order valence-electron chi connectivity index (χ4n) is 3.32. The fourth-order valence-corrected chi connectivity index (χ4v) is 3.50. The maximum Gasteiger partial charge on any atom is 0.241 e. The van der Waals surface area contributed by atoms with Crippen molar-refractivity contribution in [2.24, 2.45) is 0 Å². The summed E-state index contributed by atoms with van der Waals surface area (Å²) in [6, 6.07) is 13.5. The molecule has 1 aliphatic rings. The molecule has 5 nitrogen and oxygen atoms in total. The minimum Gasteiger partial charge on any atom is -0.370 e. The first-order valence-corrected chi connectivity index (χ1v) is 9.61. The number of nitriles is 1. The van der Waals surface area contributed by atoms with Crippen LogP contribution in [0.15, 0.2) is 42.5 Å². The van der Waals surface area contributed by atoms with Crippen LogP contribution in [0.4, 0.5) is 15.8 Å². The smallest absolute Gasteiger partial charge is 0.241 e. The van der Waals surface area contributed by atoms with E-state index in [4.69, 9.17) is 16.9 Å². The predicted octanol–water partition coefficient (Wildman–Crippen LogP) is 3.89. The summed E-state index contributed by atoms with van der Waals surface area (Å²) in [5, 5.41) is 11.7. The number of rotatable bonds is 4. The van der Waals surface area contributed by atoms with Crippen molar-refractivity contribution in [3.05, 3.63) is 58.9 Å². The Morgan fingerprint density at radius 1 is 1.18 bits per heavy atom. The molecule has 0 aliphatic carbocycles. The minimum atomic E-state index is -0.511. The second-order valence-corrected chi connectivity index (χ2v) is 7.24. The molecule has 0 spiro atoms. The van der Waals surface area contributed by atoms with E-state index in [1.807, 2.05) is 31.2 Å². The molecule has 1 heterocycles. The summed E-state index contributed by atoms with van der Waals surface area (Å²) >= 11 is 5.78. The molecule has 0 radical (unpaired) electrons. The van der Waals surface area contributed by atoms with Crippen LogP contribution in [0.5, 0.6) is 0 Å². The average molecular weight is 401 g/mol. The maximum atomic E-state index is 13.3. The topological polar surface area (TPSA) is 59.4 Å². The Balaban J connectivity index is 1.59. The third kappa shape index (κ3) is 4.80. The molecule has 28 heavy (non-hydrogen) atoms. The number of hydrogen-bond acceptors (Lipinski definition) is 4. The number of carbonyl (C=O) groups excluding carboxylic acids is 1. The molecule has 1 saturated heterocycles. The van der Waals surface area contributed by atoms with Crippen LogP contribution in [0.2, 0.25) is 5.02 Å². The van der Waals surface area contributed by atoms with Gasteiger partial charge >= 0.3 is 0 Å². The van der Waals surface area contributed by atoms with Gasteiger partial charge < -0.3 is 10.2 Å². The quantitative estimate of drug-likeness (QED) is 0.845. The van der Waals surface area contributed by atoms with Gasteiger partial charge in [-0.05, 0) is 55.8 Å². The van der Waals surface area contributed by atoms with Gasteiger partial charge in [0.05, 0.1) is 22.7 Å². The van der Waals surface area contributed by atoms with Crippen molar-refractivity contribution < 1.29 is 9.18 Å². The Labute approximate surface area is 169 Å². The summed E-state index contributed by atoms with van der Waals surface area (Å²) < 4.78 is 13.3. The van der Waals surface area contributed by atoms with E-state index in [-0.39, 0.29) is 17.0 Å². The number of carbonyl (C=O) groups is 1. The first-order valence-electron chi connectivity index (χ1n) is 9.23. The monoisotopic (exact) mass is 400 g/mol. The zero-order valence-electron chi connectivity index (χ0n) is 15.7. The Hall–Kier alpha value is -2.62. The van der Waals surface area contributed by atoms with Crippen LogP contribution in [-0.4, -0.2) is 43.0 Å². The largest absolute Gasteiger partial charge is 0.370 e. The zero-order chi connectivity index (χ0) is 20.1. The third-order valence-corrected chi connectivity index (χ3v) is 5.30. The molecular weight excluding hydrogens is 379 g/mol. The molecule has 1 fully saturated rings. The lowest BCUT2D eigenvalue weighted by Crippen LogP contribution is -2.43. The highest BCUT2D eigenvalue weighted by atomic mass is 35.5. The average Bonchev–Trinajstić information content (AvgIpc) is 2.96. The molecule has 1 aliphatic heterocycles. The summed E-state index contributed by atoms with van der Waals surface area (Å²) in [6.45, 7) is 5.12. The lowest BCUT2D eigenvalue weighted by Gasteiger charge is -2.27. The first kappa shape index (κ1) is 20.1. The van der Waals surface area contributed by atoms with Gasteiger partial charge in [0.25, 0.3) is 0 Å². The van der Waals surface area contributed by atoms with Crippen molar-refractivity contribution in [1.82, 2.24) is 4.90 Å². The van der Waals surface area contributed by atoms with Crippen molar-refractivity contribution >= 4 is 28.9 Å². The molecule has 0 aromatic heterocycles. The highest BCUT2D eigenvalue weighted by Crippen LogP contribution is 2.21. The highest BCUT2D eigenvalue weighted by Gasteiger charge is 2.24. The molecular formula is C21H22ClFN4O. The summed E-state index contributed by atoms with van der Waals surface area (Å²) in [7, 11) is 0. The van der Waals surface area contributed by atoms with Gasteiger partial charge in [-0.1, -0.05) is 11.6 Å². The maximum absolute atomic E-state index is 13.3. The van der Waals surface area contributed by atoms with Crippen molar-refractivity contribution in [1.29, 1.82) is 5.26 Å². The van der Waals surface area contributed by atoms with Crippen molar-refractivity contribution in [2.75, 3.05) is 36.4 Å². The van der Waals surface area contributed by atoms with Crippen LogP contribution >= 0.6 is 11.6 Å². The Kier molecular flexibility index (Phi) is 6.50. The summed E-state index contributed by atoms with van der Waals surface area (Å²) in [5.74, 6) is -0.655. The van der Waals surface area contributed by atoms with Crippen molar-refractivity contribution in [3.8, 4) is 6.07 Å². The summed E-state index contributed by atoms with van der Waals surface area (Å²) in [5.41, 5.74) is 2.21. The molecule has 2 aromatic rings. The Morgan fingerprint density at radius 2 is 1.93 bits per heavy atom. The number of nitrogens with zero attached hydrogens (tertiary/aromatic N) is 3. The van der Waals surface area contributed by atoms with Crippen LogP contribution in [-0.2, 0) is 4.79 Å². The molecule has 1 atom stereocenters. The van der Waals surface area contributed by atoms with Gasteiger partial charge in [0, 0.05) is 37.6 Å². The molecule has 1 amide bonds. The van der Waals surface area contributed by atoms with Crippen LogP contribution < -0.4 is 10.2 Å². The van der Waals surface area contributed by atoms with Crippen molar-refractivity contribution in [3.63, 3.8) is 0 Å². The SMILES string of the molecule is CC(C(=O)Nc1ccc(F)c(Cl)c1)N1CCCN(c2ccc(C#N)cc2)CC1. The molecule has 146 valence electrons. The van der Waals surface area contributed by atoms with E-state index in [0.717, 1.165) is 38.3 Å². The summed E-state index contributed by atoms with van der Waals surface area (Å²) in [4.78, 5) is 17.0. The molecule has 0 bridgehead atoms. The Bertz CT molecular complexity index is 881. The van der Waals surface area contributed by atoms with E-state index in [1.54, 1.807) is 0 Å². The molecule has 2 aromatic carbocycles. The van der Waals surface area contributed by atoms with E-state index < -0.39 is 5.82 Å². The molecule has 1 unspecified atom stereocenters. The number of benzene rings is 2. The van der Waals surface area contributed by atoms with Gasteiger partial charge in [0.2, 0.25) is 5.91 Å². The first-order chi connectivity index (χ1) is 13.5. The van der Waals surface area contributed by atoms with E-state index >= 15 is 0 Å². The van der Waals surface area contributed by atoms with Gasteiger partial charge in [0.1, 0.15) is 5.82 Å². The van der Waals surface area contributed by atoms with Crippen molar-refractivity contribution in [2.45, 2.75) is 19.4 Å². The highest BCUT2D eigenvalue weighted by molar-refractivity contribution is 6.31. The van der Waals surface area contributed by atoms with Crippen LogP contribution in [0, 0.1) is 17.1 Å². The van der Waals surface area contributed by atoms with Crippen LogP contribution in [0.3, 0.4) is 0 Å². The molecule has 1 N–H and O–H groups in total. The number of halogens is 2. The van der Waals surface area contributed by atoms with Gasteiger partial charge in [-0.2, -0.15) is 5.26 Å². The van der Waals surface area contributed by atoms with E-state index in [2.05, 4.69) is 21.2 Å². The zero-order valence-corrected chi connectivity index (χ0v) is 16.4.